The lowest BCUT2D eigenvalue weighted by molar-refractivity contribution is -0.150. The minimum Gasteiger partial charge on any atom is -0.482 e. The number of hydrogen-bond acceptors (Lipinski definition) is 4. The Hall–Kier alpha value is -2.53. The third kappa shape index (κ3) is 6.76. The van der Waals surface area contributed by atoms with E-state index in [0.29, 0.717) is 23.7 Å². The quantitative estimate of drug-likeness (QED) is 0.684. The number of hydrogen-bond donors (Lipinski definition) is 1. The molecule has 0 radical (unpaired) electrons. The lowest BCUT2D eigenvalue weighted by atomic mass is 10.1. The van der Waals surface area contributed by atoms with E-state index in [-0.39, 0.29) is 19.1 Å². The average molecular weight is 376 g/mol. The largest absolute Gasteiger partial charge is 0.482 e. The number of halogens is 1. The third-order valence-corrected chi connectivity index (χ3v) is 3.96. The number of ether oxygens (including phenoxy) is 2. The summed E-state index contributed by atoms with van der Waals surface area (Å²) in [6.45, 7) is 1.92. The van der Waals surface area contributed by atoms with Crippen LogP contribution in [0.15, 0.2) is 48.5 Å². The number of esters is 1. The molecule has 0 aromatic heterocycles. The summed E-state index contributed by atoms with van der Waals surface area (Å²) in [6.07, 6.45) is 1.48. The monoisotopic (exact) mass is 375 g/mol. The summed E-state index contributed by atoms with van der Waals surface area (Å²) in [5.74, 6) is -0.274. The van der Waals surface area contributed by atoms with Gasteiger partial charge in [-0.15, -0.1) is 0 Å². The zero-order chi connectivity index (χ0) is 18.8. The number of para-hydroxylation sites is 1. The SMILES string of the molecule is CCc1ccccc1OCC(=O)OCC(=O)NCCc1ccc(Cl)cc1. The molecule has 0 spiro atoms. The third-order valence-electron chi connectivity index (χ3n) is 3.71. The van der Waals surface area contributed by atoms with Crippen molar-refractivity contribution in [2.24, 2.45) is 0 Å². The maximum absolute atomic E-state index is 11.7. The minimum atomic E-state index is -0.580. The van der Waals surface area contributed by atoms with E-state index in [4.69, 9.17) is 21.1 Å². The number of nitrogens with one attached hydrogen (secondary N) is 1. The Morgan fingerprint density at radius 3 is 2.50 bits per heavy atom. The van der Waals surface area contributed by atoms with E-state index in [1.165, 1.54) is 0 Å². The first-order chi connectivity index (χ1) is 12.6. The molecular formula is C20H22ClNO4. The molecule has 1 N–H and O–H groups in total. The molecule has 0 aliphatic rings. The van der Waals surface area contributed by atoms with Crippen LogP contribution >= 0.6 is 11.6 Å². The van der Waals surface area contributed by atoms with Gasteiger partial charge in [0.25, 0.3) is 5.91 Å². The number of rotatable bonds is 9. The van der Waals surface area contributed by atoms with Gasteiger partial charge in [-0.25, -0.2) is 4.79 Å². The molecule has 0 bridgehead atoms. The van der Waals surface area contributed by atoms with E-state index in [9.17, 15) is 9.59 Å². The van der Waals surface area contributed by atoms with Crippen LogP contribution in [0.5, 0.6) is 5.75 Å². The van der Waals surface area contributed by atoms with Crippen LogP contribution in [0.25, 0.3) is 0 Å². The van der Waals surface area contributed by atoms with E-state index in [1.54, 1.807) is 18.2 Å². The second kappa shape index (κ2) is 10.5. The molecule has 0 saturated carbocycles. The Morgan fingerprint density at radius 2 is 1.77 bits per heavy atom. The summed E-state index contributed by atoms with van der Waals surface area (Å²) in [6, 6.07) is 14.9. The normalized spacial score (nSPS) is 10.2. The van der Waals surface area contributed by atoms with Crippen molar-refractivity contribution in [1.82, 2.24) is 5.32 Å². The van der Waals surface area contributed by atoms with Crippen molar-refractivity contribution in [3.05, 3.63) is 64.7 Å². The highest BCUT2D eigenvalue weighted by molar-refractivity contribution is 6.30. The fourth-order valence-electron chi connectivity index (χ4n) is 2.31. The highest BCUT2D eigenvalue weighted by atomic mass is 35.5. The minimum absolute atomic E-state index is 0.227. The molecule has 26 heavy (non-hydrogen) atoms. The van der Waals surface area contributed by atoms with Crippen molar-refractivity contribution in [3.63, 3.8) is 0 Å². The Morgan fingerprint density at radius 1 is 1.04 bits per heavy atom. The maximum Gasteiger partial charge on any atom is 0.344 e. The van der Waals surface area contributed by atoms with Gasteiger partial charge in [0.05, 0.1) is 0 Å². The van der Waals surface area contributed by atoms with Crippen LogP contribution in [0.2, 0.25) is 5.02 Å². The summed E-state index contributed by atoms with van der Waals surface area (Å²) in [4.78, 5) is 23.4. The predicted molar refractivity (Wildman–Crippen MR) is 100 cm³/mol. The molecule has 0 aliphatic heterocycles. The average Bonchev–Trinajstić information content (AvgIpc) is 2.66. The van der Waals surface area contributed by atoms with E-state index in [0.717, 1.165) is 17.5 Å². The van der Waals surface area contributed by atoms with Gasteiger partial charge in [-0.05, 0) is 42.2 Å². The van der Waals surface area contributed by atoms with E-state index in [1.807, 2.05) is 37.3 Å². The van der Waals surface area contributed by atoms with Crippen molar-refractivity contribution in [2.75, 3.05) is 19.8 Å². The molecule has 2 aromatic rings. The molecule has 1 amide bonds. The lowest BCUT2D eigenvalue weighted by Gasteiger charge is -2.10. The molecule has 6 heteroatoms. The van der Waals surface area contributed by atoms with Crippen LogP contribution in [0, 0.1) is 0 Å². The molecular weight excluding hydrogens is 354 g/mol. The lowest BCUT2D eigenvalue weighted by Crippen LogP contribution is -2.31. The van der Waals surface area contributed by atoms with E-state index >= 15 is 0 Å². The van der Waals surface area contributed by atoms with E-state index < -0.39 is 5.97 Å². The molecule has 0 heterocycles. The second-order valence-corrected chi connectivity index (χ2v) is 6.07. The molecule has 2 rings (SSSR count). The van der Waals surface area contributed by atoms with Crippen LogP contribution in [-0.4, -0.2) is 31.6 Å². The zero-order valence-electron chi connectivity index (χ0n) is 14.7. The summed E-state index contributed by atoms with van der Waals surface area (Å²) in [5.41, 5.74) is 2.08. The topological polar surface area (TPSA) is 64.6 Å². The van der Waals surface area contributed by atoms with Gasteiger partial charge in [-0.3, -0.25) is 4.79 Å². The summed E-state index contributed by atoms with van der Waals surface area (Å²) in [7, 11) is 0. The Labute approximate surface area is 158 Å². The molecule has 2 aromatic carbocycles. The van der Waals surface area contributed by atoms with Gasteiger partial charge in [0.1, 0.15) is 5.75 Å². The molecule has 0 unspecified atom stereocenters. The van der Waals surface area contributed by atoms with Gasteiger partial charge < -0.3 is 14.8 Å². The number of amides is 1. The zero-order valence-corrected chi connectivity index (χ0v) is 15.4. The fraction of sp³-hybridized carbons (Fsp3) is 0.300. The van der Waals surface area contributed by atoms with Gasteiger partial charge in [0, 0.05) is 11.6 Å². The smallest absolute Gasteiger partial charge is 0.344 e. The summed E-state index contributed by atoms with van der Waals surface area (Å²) >= 11 is 5.82. The molecule has 5 nitrogen and oxygen atoms in total. The molecule has 138 valence electrons. The van der Waals surface area contributed by atoms with Gasteiger partial charge >= 0.3 is 5.97 Å². The maximum atomic E-state index is 11.7. The summed E-state index contributed by atoms with van der Waals surface area (Å²) < 4.78 is 10.4. The Bertz CT molecular complexity index is 731. The highest BCUT2D eigenvalue weighted by Gasteiger charge is 2.09. The van der Waals surface area contributed by atoms with Gasteiger partial charge in [0.2, 0.25) is 0 Å². The van der Waals surface area contributed by atoms with Crippen molar-refractivity contribution in [1.29, 1.82) is 0 Å². The highest BCUT2D eigenvalue weighted by Crippen LogP contribution is 2.18. The first-order valence-corrected chi connectivity index (χ1v) is 8.83. The van der Waals surface area contributed by atoms with Crippen molar-refractivity contribution >= 4 is 23.5 Å². The van der Waals surface area contributed by atoms with Crippen LogP contribution in [0.1, 0.15) is 18.1 Å². The van der Waals surface area contributed by atoms with Crippen LogP contribution in [0.3, 0.4) is 0 Å². The Kier molecular flexibility index (Phi) is 7.96. The first-order valence-electron chi connectivity index (χ1n) is 8.46. The van der Waals surface area contributed by atoms with Crippen molar-refractivity contribution in [3.8, 4) is 5.75 Å². The molecule has 0 atom stereocenters. The Balaban J connectivity index is 1.63. The van der Waals surface area contributed by atoms with E-state index in [2.05, 4.69) is 5.32 Å². The van der Waals surface area contributed by atoms with Crippen LogP contribution in [0.4, 0.5) is 0 Å². The number of carbonyl (C=O) groups excluding carboxylic acids is 2. The van der Waals surface area contributed by atoms with Crippen molar-refractivity contribution < 1.29 is 19.1 Å². The first kappa shape index (κ1) is 19.8. The molecule has 0 aliphatic carbocycles. The predicted octanol–water partition coefficient (Wildman–Crippen LogP) is 3.18. The summed E-state index contributed by atoms with van der Waals surface area (Å²) in [5, 5.41) is 3.38. The number of carbonyl (C=O) groups is 2. The number of benzene rings is 2. The van der Waals surface area contributed by atoms with Crippen LogP contribution < -0.4 is 10.1 Å². The van der Waals surface area contributed by atoms with Crippen molar-refractivity contribution in [2.45, 2.75) is 19.8 Å². The molecule has 0 fully saturated rings. The fourth-order valence-corrected chi connectivity index (χ4v) is 2.44. The van der Waals surface area contributed by atoms with Crippen LogP contribution in [-0.2, 0) is 27.2 Å². The second-order valence-electron chi connectivity index (χ2n) is 5.64. The number of aryl methyl sites for hydroxylation is 1. The van der Waals surface area contributed by atoms with Gasteiger partial charge in [-0.1, -0.05) is 48.9 Å². The van der Waals surface area contributed by atoms with Gasteiger partial charge in [-0.2, -0.15) is 0 Å². The standard InChI is InChI=1S/C20H22ClNO4/c1-2-16-5-3-4-6-18(16)25-14-20(24)26-13-19(23)22-12-11-15-7-9-17(21)10-8-15/h3-10H,2,11-14H2,1H3,(H,22,23). The van der Waals surface area contributed by atoms with Gasteiger partial charge in [0.15, 0.2) is 13.2 Å². The molecule has 0 saturated heterocycles.